The number of ether oxygens (including phenoxy) is 3. The van der Waals surface area contributed by atoms with Gasteiger partial charge in [-0.1, -0.05) is 24.3 Å². The number of nitrogens with one attached hydrogen (secondary N) is 1. The van der Waals surface area contributed by atoms with Crippen LogP contribution < -0.4 is 19.5 Å². The number of hydrogen-bond donors (Lipinski definition) is 1. The maximum absolute atomic E-state index is 12.8. The lowest BCUT2D eigenvalue weighted by molar-refractivity contribution is 0.206. The first-order valence-electron chi connectivity index (χ1n) is 9.85. The quantitative estimate of drug-likeness (QED) is 0.765. The molecule has 28 heavy (non-hydrogen) atoms. The Labute approximate surface area is 166 Å². The van der Waals surface area contributed by atoms with Crippen molar-refractivity contribution in [2.24, 2.45) is 0 Å². The highest BCUT2D eigenvalue weighted by Crippen LogP contribution is 2.41. The van der Waals surface area contributed by atoms with Crippen LogP contribution in [0.25, 0.3) is 0 Å². The van der Waals surface area contributed by atoms with Crippen molar-refractivity contribution in [1.29, 1.82) is 0 Å². The second kappa shape index (κ2) is 9.35. The molecule has 150 valence electrons. The summed E-state index contributed by atoms with van der Waals surface area (Å²) in [6, 6.07) is 11.7. The van der Waals surface area contributed by atoms with Crippen LogP contribution in [0.3, 0.4) is 0 Å². The standard InChI is InChI=1S/C22H28N2O4/c1-4-26-19-13-18(14-20(27-5-2)21(19)28-6-3)23-22(25)24-12-11-16-9-7-8-10-17(16)15-24/h7-10,13-14H,4-6,11-12,15H2,1-3H3,(H,23,25). The number of fused-ring (bicyclic) bond motifs is 1. The minimum absolute atomic E-state index is 0.136. The lowest BCUT2D eigenvalue weighted by Crippen LogP contribution is -2.38. The van der Waals surface area contributed by atoms with E-state index in [0.29, 0.717) is 55.8 Å². The van der Waals surface area contributed by atoms with Gasteiger partial charge >= 0.3 is 6.03 Å². The van der Waals surface area contributed by atoms with Crippen molar-refractivity contribution < 1.29 is 19.0 Å². The zero-order valence-corrected chi connectivity index (χ0v) is 16.8. The second-order valence-corrected chi connectivity index (χ2v) is 6.47. The molecular formula is C22H28N2O4. The summed E-state index contributed by atoms with van der Waals surface area (Å²) in [6.45, 7) is 8.51. The first-order chi connectivity index (χ1) is 13.7. The Morgan fingerprint density at radius 2 is 1.57 bits per heavy atom. The fourth-order valence-corrected chi connectivity index (χ4v) is 3.33. The number of urea groups is 1. The molecule has 0 aromatic heterocycles. The van der Waals surface area contributed by atoms with Gasteiger partial charge in [0.05, 0.1) is 25.5 Å². The molecule has 0 unspecified atom stereocenters. The van der Waals surface area contributed by atoms with E-state index < -0.39 is 0 Å². The van der Waals surface area contributed by atoms with Gasteiger partial charge < -0.3 is 24.4 Å². The van der Waals surface area contributed by atoms with Crippen LogP contribution in [0, 0.1) is 0 Å². The first-order valence-corrected chi connectivity index (χ1v) is 9.85. The van der Waals surface area contributed by atoms with Crippen LogP contribution >= 0.6 is 0 Å². The fraction of sp³-hybridized carbons (Fsp3) is 0.409. The molecule has 6 heteroatoms. The maximum Gasteiger partial charge on any atom is 0.322 e. The summed E-state index contributed by atoms with van der Waals surface area (Å²) in [5.74, 6) is 1.69. The molecule has 0 aliphatic carbocycles. The molecule has 1 heterocycles. The van der Waals surface area contributed by atoms with Crippen LogP contribution in [0.2, 0.25) is 0 Å². The molecule has 0 spiro atoms. The summed E-state index contributed by atoms with van der Waals surface area (Å²) >= 11 is 0. The highest BCUT2D eigenvalue weighted by atomic mass is 16.5. The lowest BCUT2D eigenvalue weighted by Gasteiger charge is -2.29. The molecule has 0 atom stereocenters. The third kappa shape index (κ3) is 4.50. The summed E-state index contributed by atoms with van der Waals surface area (Å²) in [5.41, 5.74) is 3.13. The molecule has 0 bridgehead atoms. The molecule has 2 aromatic carbocycles. The Morgan fingerprint density at radius 3 is 2.18 bits per heavy atom. The predicted molar refractivity (Wildman–Crippen MR) is 110 cm³/mol. The number of hydrogen-bond acceptors (Lipinski definition) is 4. The van der Waals surface area contributed by atoms with Crippen molar-refractivity contribution in [2.45, 2.75) is 33.7 Å². The van der Waals surface area contributed by atoms with Gasteiger partial charge in [0.25, 0.3) is 0 Å². The van der Waals surface area contributed by atoms with E-state index in [9.17, 15) is 4.79 Å². The van der Waals surface area contributed by atoms with E-state index >= 15 is 0 Å². The van der Waals surface area contributed by atoms with E-state index in [1.807, 2.05) is 37.8 Å². The monoisotopic (exact) mass is 384 g/mol. The van der Waals surface area contributed by atoms with Crippen LogP contribution in [-0.2, 0) is 13.0 Å². The van der Waals surface area contributed by atoms with E-state index in [2.05, 4.69) is 17.4 Å². The van der Waals surface area contributed by atoms with E-state index in [0.717, 1.165) is 6.42 Å². The van der Waals surface area contributed by atoms with Gasteiger partial charge in [0.2, 0.25) is 5.75 Å². The lowest BCUT2D eigenvalue weighted by atomic mass is 10.0. The maximum atomic E-state index is 12.8. The topological polar surface area (TPSA) is 60.0 Å². The van der Waals surface area contributed by atoms with Crippen LogP contribution in [0.1, 0.15) is 31.9 Å². The Balaban J connectivity index is 1.80. The largest absolute Gasteiger partial charge is 0.490 e. The molecule has 1 aliphatic heterocycles. The van der Waals surface area contributed by atoms with Crippen LogP contribution in [0.4, 0.5) is 10.5 Å². The molecule has 3 rings (SSSR count). The van der Waals surface area contributed by atoms with Crippen molar-refractivity contribution in [2.75, 3.05) is 31.7 Å². The summed E-state index contributed by atoms with van der Waals surface area (Å²) < 4.78 is 17.2. The molecule has 2 aromatic rings. The number of carbonyl (C=O) groups excluding carboxylic acids is 1. The number of amides is 2. The Hall–Kier alpha value is -2.89. The number of rotatable bonds is 7. The molecule has 0 saturated carbocycles. The van der Waals surface area contributed by atoms with E-state index in [1.54, 1.807) is 12.1 Å². The number of nitrogens with zero attached hydrogens (tertiary/aromatic N) is 1. The molecule has 0 radical (unpaired) electrons. The van der Waals surface area contributed by atoms with Crippen LogP contribution in [-0.4, -0.2) is 37.3 Å². The third-order valence-electron chi connectivity index (χ3n) is 4.58. The molecule has 1 N–H and O–H groups in total. The Bertz CT molecular complexity index is 795. The fourth-order valence-electron chi connectivity index (χ4n) is 3.33. The molecule has 0 fully saturated rings. The van der Waals surface area contributed by atoms with Crippen LogP contribution in [0.15, 0.2) is 36.4 Å². The number of carbonyl (C=O) groups is 1. The minimum atomic E-state index is -0.136. The summed E-state index contributed by atoms with van der Waals surface area (Å²) in [6.07, 6.45) is 0.862. The molecule has 1 aliphatic rings. The van der Waals surface area contributed by atoms with E-state index in [1.165, 1.54) is 11.1 Å². The third-order valence-corrected chi connectivity index (χ3v) is 4.58. The summed E-state index contributed by atoms with van der Waals surface area (Å²) in [4.78, 5) is 14.6. The van der Waals surface area contributed by atoms with Gasteiger partial charge in [-0.2, -0.15) is 0 Å². The van der Waals surface area contributed by atoms with Crippen molar-refractivity contribution in [3.05, 3.63) is 47.5 Å². The zero-order chi connectivity index (χ0) is 19.9. The number of anilines is 1. The SMILES string of the molecule is CCOc1cc(NC(=O)N2CCc3ccccc3C2)cc(OCC)c1OCC. The van der Waals surface area contributed by atoms with Crippen LogP contribution in [0.5, 0.6) is 17.2 Å². The van der Waals surface area contributed by atoms with Gasteiger partial charge in [-0.15, -0.1) is 0 Å². The second-order valence-electron chi connectivity index (χ2n) is 6.47. The van der Waals surface area contributed by atoms with Gasteiger partial charge in [0, 0.05) is 25.2 Å². The Morgan fingerprint density at radius 1 is 0.964 bits per heavy atom. The van der Waals surface area contributed by atoms with Gasteiger partial charge in [-0.05, 0) is 38.3 Å². The zero-order valence-electron chi connectivity index (χ0n) is 16.8. The normalized spacial score (nSPS) is 12.9. The van der Waals surface area contributed by atoms with E-state index in [4.69, 9.17) is 14.2 Å². The number of benzene rings is 2. The van der Waals surface area contributed by atoms with E-state index in [-0.39, 0.29) is 6.03 Å². The molecule has 0 saturated heterocycles. The smallest absolute Gasteiger partial charge is 0.322 e. The first kappa shape index (κ1) is 19.9. The predicted octanol–water partition coefficient (Wildman–Crippen LogP) is 4.47. The van der Waals surface area contributed by atoms with Crippen molar-refractivity contribution >= 4 is 11.7 Å². The molecule has 2 amide bonds. The summed E-state index contributed by atoms with van der Waals surface area (Å²) in [5, 5.41) is 2.98. The van der Waals surface area contributed by atoms with Crippen molar-refractivity contribution in [3.8, 4) is 17.2 Å². The average molecular weight is 384 g/mol. The molecule has 6 nitrogen and oxygen atoms in total. The highest BCUT2D eigenvalue weighted by Gasteiger charge is 2.22. The van der Waals surface area contributed by atoms with Crippen molar-refractivity contribution in [1.82, 2.24) is 4.90 Å². The Kier molecular flexibility index (Phi) is 6.63. The van der Waals surface area contributed by atoms with Gasteiger partial charge in [0.1, 0.15) is 0 Å². The minimum Gasteiger partial charge on any atom is -0.490 e. The highest BCUT2D eigenvalue weighted by molar-refractivity contribution is 5.90. The summed E-state index contributed by atoms with van der Waals surface area (Å²) in [7, 11) is 0. The average Bonchev–Trinajstić information content (AvgIpc) is 2.70. The van der Waals surface area contributed by atoms with Gasteiger partial charge in [0.15, 0.2) is 11.5 Å². The van der Waals surface area contributed by atoms with Crippen molar-refractivity contribution in [3.63, 3.8) is 0 Å². The van der Waals surface area contributed by atoms with Gasteiger partial charge in [-0.25, -0.2) is 4.79 Å². The van der Waals surface area contributed by atoms with Gasteiger partial charge in [-0.3, -0.25) is 0 Å². The molecular weight excluding hydrogens is 356 g/mol.